The van der Waals surface area contributed by atoms with Gasteiger partial charge in [0.15, 0.2) is 0 Å². The summed E-state index contributed by atoms with van der Waals surface area (Å²) in [6.07, 6.45) is 8.00. The van der Waals surface area contributed by atoms with E-state index in [4.69, 9.17) is 21.3 Å². The zero-order chi connectivity index (χ0) is 29.4. The highest BCUT2D eigenvalue weighted by Gasteiger charge is 2.31. The van der Waals surface area contributed by atoms with Crippen molar-refractivity contribution >= 4 is 17.2 Å². The molecular formula is C36H41ClN4O. The molecule has 2 aromatic carbocycles. The van der Waals surface area contributed by atoms with E-state index in [9.17, 15) is 0 Å². The molecule has 0 spiro atoms. The van der Waals surface area contributed by atoms with Gasteiger partial charge in [-0.25, -0.2) is 0 Å². The van der Waals surface area contributed by atoms with Gasteiger partial charge in [-0.05, 0) is 112 Å². The maximum absolute atomic E-state index is 6.23. The molecule has 3 heterocycles. The van der Waals surface area contributed by atoms with Crippen molar-refractivity contribution in [2.24, 2.45) is 0 Å². The number of ether oxygens (including phenoxy) is 1. The van der Waals surface area contributed by atoms with Crippen molar-refractivity contribution < 1.29 is 4.74 Å². The van der Waals surface area contributed by atoms with Gasteiger partial charge in [0.2, 0.25) is 0 Å². The Balaban J connectivity index is 0.000000169. The smallest absolute Gasteiger partial charge is 0.132 e. The number of pyridine rings is 2. The van der Waals surface area contributed by atoms with E-state index < -0.39 is 5.60 Å². The lowest BCUT2D eigenvalue weighted by Gasteiger charge is -2.30. The van der Waals surface area contributed by atoms with Gasteiger partial charge in [-0.2, -0.15) is 0 Å². The summed E-state index contributed by atoms with van der Waals surface area (Å²) < 4.78 is 6.21. The fraction of sp³-hybridized carbons (Fsp3) is 0.333. The van der Waals surface area contributed by atoms with E-state index >= 15 is 0 Å². The minimum absolute atomic E-state index is 0.515. The molecular weight excluding hydrogens is 540 g/mol. The van der Waals surface area contributed by atoms with E-state index in [1.807, 2.05) is 75.0 Å². The molecule has 1 fully saturated rings. The number of piperidine rings is 1. The molecule has 42 heavy (non-hydrogen) atoms. The van der Waals surface area contributed by atoms with Gasteiger partial charge in [-0.15, -0.1) is 0 Å². The number of halogens is 1. The van der Waals surface area contributed by atoms with Crippen molar-refractivity contribution in [3.8, 4) is 0 Å². The third-order valence-electron chi connectivity index (χ3n) is 8.10. The van der Waals surface area contributed by atoms with Crippen LogP contribution in [0, 0.1) is 0 Å². The summed E-state index contributed by atoms with van der Waals surface area (Å²) in [5.41, 5.74) is 9.66. The molecule has 218 valence electrons. The summed E-state index contributed by atoms with van der Waals surface area (Å²) in [6, 6.07) is 26.8. The van der Waals surface area contributed by atoms with Gasteiger partial charge < -0.3 is 15.0 Å². The molecule has 1 unspecified atom stereocenters. The molecule has 6 heteroatoms. The molecule has 0 saturated carbocycles. The third-order valence-corrected chi connectivity index (χ3v) is 8.33. The van der Waals surface area contributed by atoms with Crippen LogP contribution in [0.4, 0.5) is 0 Å². The quantitative estimate of drug-likeness (QED) is 0.268. The zero-order valence-corrected chi connectivity index (χ0v) is 25.7. The van der Waals surface area contributed by atoms with Crippen LogP contribution in [0.1, 0.15) is 53.4 Å². The molecule has 0 bridgehead atoms. The minimum atomic E-state index is -0.515. The van der Waals surface area contributed by atoms with Crippen LogP contribution in [-0.4, -0.2) is 55.2 Å². The van der Waals surface area contributed by atoms with Crippen molar-refractivity contribution in [2.45, 2.75) is 38.2 Å². The fourth-order valence-corrected chi connectivity index (χ4v) is 5.95. The molecule has 2 aromatic heterocycles. The highest BCUT2D eigenvalue weighted by Crippen LogP contribution is 2.37. The second kappa shape index (κ2) is 14.2. The molecule has 1 N–H and O–H groups in total. The van der Waals surface area contributed by atoms with E-state index in [1.54, 1.807) is 0 Å². The molecule has 1 aliphatic heterocycles. The van der Waals surface area contributed by atoms with Crippen molar-refractivity contribution in [3.05, 3.63) is 135 Å². The summed E-state index contributed by atoms with van der Waals surface area (Å²) in [6.45, 7) is 5.75. The number of nitrogens with zero attached hydrogens (tertiary/aromatic N) is 3. The van der Waals surface area contributed by atoms with Crippen molar-refractivity contribution in [2.75, 3.05) is 40.3 Å². The van der Waals surface area contributed by atoms with Gasteiger partial charge in [0.25, 0.3) is 0 Å². The molecule has 1 saturated heterocycles. The highest BCUT2D eigenvalue weighted by atomic mass is 35.5. The number of likely N-dealkylation sites (N-methyl/N-ethyl adjacent to an activating group) is 1. The Morgan fingerprint density at radius 1 is 0.833 bits per heavy atom. The largest absolute Gasteiger partial charge is 0.363 e. The Morgan fingerprint density at radius 2 is 1.57 bits per heavy atom. The normalized spacial score (nSPS) is 16.0. The van der Waals surface area contributed by atoms with Crippen LogP contribution in [-0.2, 0) is 23.2 Å². The van der Waals surface area contributed by atoms with Crippen LogP contribution < -0.4 is 5.32 Å². The predicted octanol–water partition coefficient (Wildman–Crippen LogP) is 6.94. The Kier molecular flexibility index (Phi) is 10.2. The molecule has 1 atom stereocenters. The van der Waals surface area contributed by atoms with Gasteiger partial charge >= 0.3 is 0 Å². The first kappa shape index (κ1) is 30.1. The molecule has 5 nitrogen and oxygen atoms in total. The maximum atomic E-state index is 6.23. The number of hydrogen-bond donors (Lipinski definition) is 1. The number of hydrogen-bond acceptors (Lipinski definition) is 5. The second-order valence-electron chi connectivity index (χ2n) is 11.3. The lowest BCUT2D eigenvalue weighted by molar-refractivity contribution is -0.0131. The topological polar surface area (TPSA) is 50.3 Å². The summed E-state index contributed by atoms with van der Waals surface area (Å²) in [7, 11) is 4.09. The number of fused-ring (bicyclic) bond motifs is 2. The molecule has 2 aliphatic rings. The zero-order valence-electron chi connectivity index (χ0n) is 24.9. The average Bonchev–Trinajstić information content (AvgIpc) is 3.19. The third kappa shape index (κ3) is 7.16. The molecule has 4 aromatic rings. The van der Waals surface area contributed by atoms with Gasteiger partial charge in [-0.1, -0.05) is 65.7 Å². The average molecular weight is 581 g/mol. The minimum Gasteiger partial charge on any atom is -0.363 e. The Bertz CT molecular complexity index is 1440. The Hall–Kier alpha value is -3.35. The number of aryl methyl sites for hydroxylation is 2. The van der Waals surface area contributed by atoms with E-state index in [0.29, 0.717) is 6.61 Å². The Labute approximate surface area is 255 Å². The fourth-order valence-electron chi connectivity index (χ4n) is 5.75. The van der Waals surface area contributed by atoms with Crippen molar-refractivity contribution in [1.29, 1.82) is 0 Å². The summed E-state index contributed by atoms with van der Waals surface area (Å²) in [5.74, 6) is 0. The molecule has 0 amide bonds. The number of nitrogens with one attached hydrogen (secondary N) is 1. The number of rotatable bonds is 6. The molecule has 1 aliphatic carbocycles. The lowest BCUT2D eigenvalue weighted by Crippen LogP contribution is -2.32. The summed E-state index contributed by atoms with van der Waals surface area (Å²) in [5, 5.41) is 4.28. The van der Waals surface area contributed by atoms with Crippen LogP contribution in [0.2, 0.25) is 5.02 Å². The van der Waals surface area contributed by atoms with Crippen LogP contribution in [0.5, 0.6) is 0 Å². The van der Waals surface area contributed by atoms with Gasteiger partial charge in [0.05, 0.1) is 18.0 Å². The summed E-state index contributed by atoms with van der Waals surface area (Å²) in [4.78, 5) is 11.3. The van der Waals surface area contributed by atoms with E-state index in [1.165, 1.54) is 33.5 Å². The standard InChI is InChI=1S/C19H19ClN2.C17H22N2O/c20-16-5-6-17-15(12-16)4-3-14-2-1-9-22-19(14)18(17)13-7-10-21-11-8-13;1-17(20-14-13-19(2)3,15-9-5-4-6-10-15)16-11-7-8-12-18-16/h1-2,5-6,9,12,21H,3-4,7-8,10-11H2;4-12H,13-14H2,1-3H3. The lowest BCUT2D eigenvalue weighted by atomic mass is 9.89. The van der Waals surface area contributed by atoms with E-state index in [2.05, 4.69) is 52.5 Å². The highest BCUT2D eigenvalue weighted by molar-refractivity contribution is 6.30. The van der Waals surface area contributed by atoms with Crippen LogP contribution in [0.3, 0.4) is 0 Å². The second-order valence-corrected chi connectivity index (χ2v) is 11.7. The molecule has 0 radical (unpaired) electrons. The van der Waals surface area contributed by atoms with Crippen molar-refractivity contribution in [3.63, 3.8) is 0 Å². The van der Waals surface area contributed by atoms with Crippen LogP contribution in [0.25, 0.3) is 5.57 Å². The summed E-state index contributed by atoms with van der Waals surface area (Å²) >= 11 is 6.23. The first-order valence-corrected chi connectivity index (χ1v) is 15.2. The molecule has 6 rings (SSSR count). The predicted molar refractivity (Wildman–Crippen MR) is 173 cm³/mol. The van der Waals surface area contributed by atoms with Crippen LogP contribution in [0.15, 0.2) is 96.8 Å². The van der Waals surface area contributed by atoms with Crippen molar-refractivity contribution in [1.82, 2.24) is 20.2 Å². The van der Waals surface area contributed by atoms with E-state index in [-0.39, 0.29) is 0 Å². The van der Waals surface area contributed by atoms with Gasteiger partial charge in [0, 0.05) is 29.5 Å². The van der Waals surface area contributed by atoms with Gasteiger partial charge in [-0.3, -0.25) is 9.97 Å². The first-order valence-electron chi connectivity index (χ1n) is 14.9. The Morgan fingerprint density at radius 3 is 2.31 bits per heavy atom. The first-order chi connectivity index (χ1) is 20.5. The van der Waals surface area contributed by atoms with E-state index in [0.717, 1.165) is 61.6 Å². The number of aromatic nitrogens is 2. The number of benzene rings is 2. The van der Waals surface area contributed by atoms with Crippen LogP contribution >= 0.6 is 11.6 Å². The van der Waals surface area contributed by atoms with Gasteiger partial charge in [0.1, 0.15) is 5.60 Å². The monoisotopic (exact) mass is 580 g/mol. The SMILES string of the molecule is CN(C)CCOC(C)(c1ccccc1)c1ccccn1.Clc1ccc2c(c1)CCc1cccnc1C2=C1CCNCC1. The maximum Gasteiger partial charge on any atom is 0.132 e.